The lowest BCUT2D eigenvalue weighted by Crippen LogP contribution is -2.21. The standard InChI is InChI=1S/C6H6Cl3N3O/c7-6(8,9)5-11-2-3(1-10)4(13)12-5/h2H,1,10H2,(H,11,12,13). The summed E-state index contributed by atoms with van der Waals surface area (Å²) in [6, 6.07) is 0. The van der Waals surface area contributed by atoms with E-state index in [1.165, 1.54) is 6.20 Å². The van der Waals surface area contributed by atoms with Gasteiger partial charge in [0.05, 0.1) is 0 Å². The van der Waals surface area contributed by atoms with Crippen LogP contribution in [-0.4, -0.2) is 9.97 Å². The molecule has 1 aromatic rings. The molecule has 1 heterocycles. The molecule has 0 aromatic carbocycles. The number of rotatable bonds is 1. The third-order valence-electron chi connectivity index (χ3n) is 1.36. The van der Waals surface area contributed by atoms with E-state index in [0.717, 1.165) is 0 Å². The Kier molecular flexibility index (Phi) is 3.18. The van der Waals surface area contributed by atoms with Gasteiger partial charge in [-0.2, -0.15) is 0 Å². The predicted octanol–water partition coefficient (Wildman–Crippen LogP) is 1.06. The lowest BCUT2D eigenvalue weighted by atomic mass is 10.3. The largest absolute Gasteiger partial charge is 0.326 e. The quantitative estimate of drug-likeness (QED) is 0.723. The summed E-state index contributed by atoms with van der Waals surface area (Å²) in [7, 11) is 0. The summed E-state index contributed by atoms with van der Waals surface area (Å²) < 4.78 is -1.72. The Morgan fingerprint density at radius 3 is 2.54 bits per heavy atom. The molecule has 0 aliphatic heterocycles. The smallest absolute Gasteiger partial charge is 0.255 e. The van der Waals surface area contributed by atoms with Crippen molar-refractivity contribution < 1.29 is 0 Å². The third-order valence-corrected chi connectivity index (χ3v) is 1.90. The third kappa shape index (κ3) is 2.57. The van der Waals surface area contributed by atoms with Crippen LogP contribution in [0.4, 0.5) is 0 Å². The van der Waals surface area contributed by atoms with E-state index >= 15 is 0 Å². The lowest BCUT2D eigenvalue weighted by Gasteiger charge is -2.09. The molecule has 0 unspecified atom stereocenters. The van der Waals surface area contributed by atoms with Crippen LogP contribution >= 0.6 is 34.8 Å². The maximum absolute atomic E-state index is 11.2. The molecule has 0 saturated heterocycles. The van der Waals surface area contributed by atoms with Crippen LogP contribution in [0.5, 0.6) is 0 Å². The van der Waals surface area contributed by atoms with Gasteiger partial charge in [0.15, 0.2) is 5.82 Å². The van der Waals surface area contributed by atoms with Gasteiger partial charge >= 0.3 is 0 Å². The van der Waals surface area contributed by atoms with Gasteiger partial charge < -0.3 is 10.7 Å². The molecule has 0 radical (unpaired) electrons. The Hall–Kier alpha value is -0.290. The monoisotopic (exact) mass is 241 g/mol. The second-order valence-electron chi connectivity index (χ2n) is 2.29. The number of nitrogens with two attached hydrogens (primary N) is 1. The molecule has 0 bridgehead atoms. The predicted molar refractivity (Wildman–Crippen MR) is 52.0 cm³/mol. The Labute approximate surface area is 89.0 Å². The minimum absolute atomic E-state index is 0.0142. The Morgan fingerprint density at radius 2 is 2.15 bits per heavy atom. The fourth-order valence-electron chi connectivity index (χ4n) is 0.711. The van der Waals surface area contributed by atoms with E-state index in [1.54, 1.807) is 0 Å². The number of hydrogen-bond acceptors (Lipinski definition) is 3. The lowest BCUT2D eigenvalue weighted by molar-refractivity contribution is 0.896. The van der Waals surface area contributed by atoms with Crippen LogP contribution in [0.15, 0.2) is 11.0 Å². The molecule has 0 atom stereocenters. The number of aromatic nitrogens is 2. The highest BCUT2D eigenvalue weighted by atomic mass is 35.6. The molecular weight excluding hydrogens is 236 g/mol. The first-order chi connectivity index (χ1) is 5.95. The van der Waals surface area contributed by atoms with Gasteiger partial charge in [-0.05, 0) is 0 Å². The van der Waals surface area contributed by atoms with E-state index in [4.69, 9.17) is 40.5 Å². The summed E-state index contributed by atoms with van der Waals surface area (Å²) >= 11 is 16.5. The van der Waals surface area contributed by atoms with Crippen molar-refractivity contribution in [2.75, 3.05) is 0 Å². The van der Waals surface area contributed by atoms with Gasteiger partial charge in [-0.1, -0.05) is 34.8 Å². The molecule has 0 spiro atoms. The first-order valence-electron chi connectivity index (χ1n) is 3.30. The molecule has 0 aliphatic rings. The van der Waals surface area contributed by atoms with Crippen LogP contribution < -0.4 is 11.3 Å². The van der Waals surface area contributed by atoms with E-state index in [9.17, 15) is 4.79 Å². The zero-order valence-electron chi connectivity index (χ0n) is 6.35. The van der Waals surface area contributed by atoms with Crippen LogP contribution in [0.3, 0.4) is 0 Å². The van der Waals surface area contributed by atoms with Gasteiger partial charge in [0.25, 0.3) is 5.56 Å². The highest BCUT2D eigenvalue weighted by Gasteiger charge is 2.25. The fraction of sp³-hybridized carbons (Fsp3) is 0.333. The van der Waals surface area contributed by atoms with Crippen LogP contribution in [0.25, 0.3) is 0 Å². The Bertz CT molecular complexity index is 357. The van der Waals surface area contributed by atoms with E-state index in [2.05, 4.69) is 9.97 Å². The molecule has 7 heteroatoms. The molecule has 0 amide bonds. The molecule has 13 heavy (non-hydrogen) atoms. The van der Waals surface area contributed by atoms with Crippen LogP contribution in [0, 0.1) is 0 Å². The SMILES string of the molecule is NCc1cnc(C(Cl)(Cl)Cl)[nH]c1=O. The van der Waals surface area contributed by atoms with E-state index in [-0.39, 0.29) is 17.9 Å². The zero-order chi connectivity index (χ0) is 10.1. The summed E-state index contributed by atoms with van der Waals surface area (Å²) in [5, 5.41) is 0. The summed E-state index contributed by atoms with van der Waals surface area (Å²) in [6.07, 6.45) is 1.29. The number of aromatic amines is 1. The van der Waals surface area contributed by atoms with E-state index in [0.29, 0.717) is 5.56 Å². The van der Waals surface area contributed by atoms with Crippen molar-refractivity contribution in [2.24, 2.45) is 5.73 Å². The molecule has 0 fully saturated rings. The minimum Gasteiger partial charge on any atom is -0.326 e. The first kappa shape index (κ1) is 10.8. The summed E-state index contributed by atoms with van der Waals surface area (Å²) in [5.41, 5.74) is 5.21. The number of H-pyrrole nitrogens is 1. The van der Waals surface area contributed by atoms with Crippen molar-refractivity contribution in [1.82, 2.24) is 9.97 Å². The van der Waals surface area contributed by atoms with E-state index < -0.39 is 3.79 Å². The molecule has 1 rings (SSSR count). The maximum Gasteiger partial charge on any atom is 0.255 e. The van der Waals surface area contributed by atoms with Crippen molar-refractivity contribution in [3.05, 3.63) is 27.9 Å². The van der Waals surface area contributed by atoms with Crippen molar-refractivity contribution >= 4 is 34.8 Å². The summed E-state index contributed by atoms with van der Waals surface area (Å²) in [4.78, 5) is 17.2. The second kappa shape index (κ2) is 3.84. The van der Waals surface area contributed by atoms with Gasteiger partial charge in [0.2, 0.25) is 3.79 Å². The maximum atomic E-state index is 11.2. The van der Waals surface area contributed by atoms with Gasteiger partial charge in [-0.15, -0.1) is 0 Å². The molecule has 3 N–H and O–H groups in total. The molecule has 72 valence electrons. The highest BCUT2D eigenvalue weighted by molar-refractivity contribution is 6.66. The number of alkyl halides is 3. The van der Waals surface area contributed by atoms with E-state index in [1.807, 2.05) is 0 Å². The van der Waals surface area contributed by atoms with Gasteiger partial charge in [-0.25, -0.2) is 4.98 Å². The fourth-order valence-corrected chi connectivity index (χ4v) is 0.999. The molecular formula is C6H6Cl3N3O. The van der Waals surface area contributed by atoms with Crippen LogP contribution in [0.2, 0.25) is 0 Å². The van der Waals surface area contributed by atoms with Crippen molar-refractivity contribution in [2.45, 2.75) is 10.3 Å². The Balaban J connectivity index is 3.18. The second-order valence-corrected chi connectivity index (χ2v) is 4.57. The average Bonchev–Trinajstić information content (AvgIpc) is 2.02. The zero-order valence-corrected chi connectivity index (χ0v) is 8.62. The first-order valence-corrected chi connectivity index (χ1v) is 4.44. The van der Waals surface area contributed by atoms with Crippen LogP contribution in [0.1, 0.15) is 11.4 Å². The molecule has 1 aromatic heterocycles. The normalized spacial score (nSPS) is 11.7. The van der Waals surface area contributed by atoms with Crippen molar-refractivity contribution in [3.63, 3.8) is 0 Å². The van der Waals surface area contributed by atoms with Gasteiger partial charge in [0, 0.05) is 18.3 Å². The van der Waals surface area contributed by atoms with Crippen LogP contribution in [-0.2, 0) is 10.3 Å². The number of nitrogens with zero attached hydrogens (tertiary/aromatic N) is 1. The van der Waals surface area contributed by atoms with Gasteiger partial charge in [-0.3, -0.25) is 4.79 Å². The summed E-state index contributed by atoms with van der Waals surface area (Å²) in [6.45, 7) is 0.0997. The van der Waals surface area contributed by atoms with Crippen molar-refractivity contribution in [1.29, 1.82) is 0 Å². The number of nitrogens with one attached hydrogen (secondary N) is 1. The molecule has 0 aliphatic carbocycles. The molecule has 4 nitrogen and oxygen atoms in total. The van der Waals surface area contributed by atoms with Gasteiger partial charge in [0.1, 0.15) is 0 Å². The Morgan fingerprint density at radius 1 is 1.54 bits per heavy atom. The number of halogens is 3. The average molecular weight is 242 g/mol. The number of hydrogen-bond donors (Lipinski definition) is 2. The van der Waals surface area contributed by atoms with Crippen molar-refractivity contribution in [3.8, 4) is 0 Å². The summed E-state index contributed by atoms with van der Waals surface area (Å²) in [5.74, 6) is -0.0142. The highest BCUT2D eigenvalue weighted by Crippen LogP contribution is 2.34. The molecule has 0 saturated carbocycles. The minimum atomic E-state index is -1.72. The topological polar surface area (TPSA) is 71.8 Å².